The fourth-order valence-electron chi connectivity index (χ4n) is 0.636. The molecule has 0 radical (unpaired) electrons. The van der Waals surface area contributed by atoms with Gasteiger partial charge in [-0.2, -0.15) is 0 Å². The summed E-state index contributed by atoms with van der Waals surface area (Å²) in [7, 11) is 0. The lowest BCUT2D eigenvalue weighted by Gasteiger charge is -1.97. The van der Waals surface area contributed by atoms with Crippen molar-refractivity contribution in [1.29, 1.82) is 0 Å². The van der Waals surface area contributed by atoms with Crippen molar-refractivity contribution in [3.05, 3.63) is 33.5 Å². The highest BCUT2D eigenvalue weighted by Crippen LogP contribution is 1.83. The van der Waals surface area contributed by atoms with Gasteiger partial charge in [0.15, 0.2) is 0 Å². The second-order valence-corrected chi connectivity index (χ2v) is 2.03. The first kappa shape index (κ1) is 8.25. The molecule has 6 heteroatoms. The number of aromatic nitrogens is 3. The van der Waals surface area contributed by atoms with Crippen LogP contribution in [0.2, 0.25) is 0 Å². The van der Waals surface area contributed by atoms with Gasteiger partial charge in [0.1, 0.15) is 0 Å². The molecule has 0 saturated heterocycles. The zero-order chi connectivity index (χ0) is 8.97. The van der Waals surface area contributed by atoms with Crippen LogP contribution >= 0.6 is 0 Å². The van der Waals surface area contributed by atoms with Crippen LogP contribution in [0.3, 0.4) is 0 Å². The summed E-state index contributed by atoms with van der Waals surface area (Å²) in [5.74, 6) is 0.0782. The fraction of sp³-hybridized carbons (Fsp3) is 0.167. The van der Waals surface area contributed by atoms with E-state index in [-0.39, 0.29) is 5.82 Å². The van der Waals surface area contributed by atoms with Crippen LogP contribution in [0.15, 0.2) is 22.2 Å². The zero-order valence-corrected chi connectivity index (χ0v) is 6.26. The van der Waals surface area contributed by atoms with E-state index < -0.39 is 11.2 Å². The maximum atomic E-state index is 10.9. The van der Waals surface area contributed by atoms with Crippen molar-refractivity contribution in [2.45, 2.75) is 0 Å². The third kappa shape index (κ3) is 1.82. The molecule has 1 aromatic heterocycles. The van der Waals surface area contributed by atoms with Crippen molar-refractivity contribution >= 4 is 5.82 Å². The van der Waals surface area contributed by atoms with Crippen LogP contribution in [-0.4, -0.2) is 21.7 Å². The first-order valence-electron chi connectivity index (χ1n) is 3.28. The molecule has 0 unspecified atom stereocenters. The molecule has 0 aromatic carbocycles. The van der Waals surface area contributed by atoms with E-state index in [4.69, 9.17) is 0 Å². The second kappa shape index (κ2) is 3.51. The predicted molar refractivity (Wildman–Crippen MR) is 44.2 cm³/mol. The Bertz CT molecular complexity index is 378. The minimum absolute atomic E-state index is 0.0782. The Kier molecular flexibility index (Phi) is 2.42. The average Bonchev–Trinajstić information content (AvgIpc) is 2.03. The van der Waals surface area contributed by atoms with Gasteiger partial charge in [-0.1, -0.05) is 6.08 Å². The monoisotopic (exact) mass is 168 g/mol. The van der Waals surface area contributed by atoms with Crippen molar-refractivity contribution in [3.63, 3.8) is 0 Å². The molecule has 64 valence electrons. The molecule has 0 aliphatic heterocycles. The largest absolute Gasteiger partial charge is 0.361 e. The van der Waals surface area contributed by atoms with Crippen molar-refractivity contribution in [1.82, 2.24) is 15.2 Å². The van der Waals surface area contributed by atoms with Crippen LogP contribution in [0.1, 0.15) is 0 Å². The van der Waals surface area contributed by atoms with Gasteiger partial charge in [0.25, 0.3) is 5.56 Å². The molecule has 1 aromatic rings. The van der Waals surface area contributed by atoms with Gasteiger partial charge >= 0.3 is 5.69 Å². The zero-order valence-electron chi connectivity index (χ0n) is 6.26. The van der Waals surface area contributed by atoms with Crippen LogP contribution in [0, 0.1) is 0 Å². The molecule has 0 spiro atoms. The summed E-state index contributed by atoms with van der Waals surface area (Å²) in [5.41, 5.74) is -1.16. The van der Waals surface area contributed by atoms with E-state index in [9.17, 15) is 9.59 Å². The van der Waals surface area contributed by atoms with E-state index >= 15 is 0 Å². The van der Waals surface area contributed by atoms with Crippen molar-refractivity contribution < 1.29 is 0 Å². The van der Waals surface area contributed by atoms with Gasteiger partial charge in [-0.25, -0.2) is 9.89 Å². The minimum Gasteiger partial charge on any atom is -0.361 e. The third-order valence-electron chi connectivity index (χ3n) is 1.13. The van der Waals surface area contributed by atoms with Crippen molar-refractivity contribution in [2.24, 2.45) is 0 Å². The highest BCUT2D eigenvalue weighted by Gasteiger charge is 1.97. The lowest BCUT2D eigenvalue weighted by atomic mass is 10.6. The van der Waals surface area contributed by atoms with E-state index in [0.717, 1.165) is 0 Å². The van der Waals surface area contributed by atoms with Gasteiger partial charge in [-0.15, -0.1) is 11.7 Å². The molecule has 0 atom stereocenters. The van der Waals surface area contributed by atoms with Gasteiger partial charge in [0, 0.05) is 6.54 Å². The summed E-state index contributed by atoms with van der Waals surface area (Å²) in [6, 6.07) is 0. The van der Waals surface area contributed by atoms with Gasteiger partial charge in [-0.3, -0.25) is 9.78 Å². The highest BCUT2D eigenvalue weighted by molar-refractivity contribution is 5.29. The Morgan fingerprint density at radius 3 is 2.92 bits per heavy atom. The molecule has 6 nitrogen and oxygen atoms in total. The Balaban J connectivity index is 2.94. The fourth-order valence-corrected chi connectivity index (χ4v) is 0.636. The normalized spacial score (nSPS) is 9.33. The quantitative estimate of drug-likeness (QED) is 0.508. The predicted octanol–water partition coefficient (Wildman–Crippen LogP) is -0.944. The SMILES string of the molecule is C=CCNc1n[nH]c(=O)[nH]c1=O. The third-order valence-corrected chi connectivity index (χ3v) is 1.13. The number of anilines is 1. The van der Waals surface area contributed by atoms with Crippen LogP contribution in [0.5, 0.6) is 0 Å². The maximum absolute atomic E-state index is 10.9. The molecule has 0 amide bonds. The molecule has 0 aliphatic rings. The highest BCUT2D eigenvalue weighted by atomic mass is 16.2. The number of hydrogen-bond acceptors (Lipinski definition) is 4. The Hall–Kier alpha value is -1.85. The number of nitrogens with one attached hydrogen (secondary N) is 3. The number of rotatable bonds is 3. The van der Waals surface area contributed by atoms with Crippen LogP contribution in [0.4, 0.5) is 5.82 Å². The topological polar surface area (TPSA) is 90.6 Å². The number of aromatic amines is 2. The van der Waals surface area contributed by atoms with Crippen molar-refractivity contribution in [3.8, 4) is 0 Å². The standard InChI is InChI=1S/C6H8N4O2/c1-2-3-7-4-5(11)8-6(12)10-9-4/h2H,1,3H2,(H,7,9)(H2,8,10,11,12). The van der Waals surface area contributed by atoms with E-state index in [0.29, 0.717) is 6.54 Å². The Morgan fingerprint density at radius 2 is 2.33 bits per heavy atom. The summed E-state index contributed by atoms with van der Waals surface area (Å²) in [4.78, 5) is 23.4. The van der Waals surface area contributed by atoms with E-state index in [2.05, 4.69) is 22.1 Å². The Labute approximate surface area is 67.3 Å². The summed E-state index contributed by atoms with van der Waals surface area (Å²) in [6.45, 7) is 3.87. The Morgan fingerprint density at radius 1 is 1.58 bits per heavy atom. The average molecular weight is 168 g/mol. The lowest BCUT2D eigenvalue weighted by Crippen LogP contribution is -2.26. The molecule has 3 N–H and O–H groups in total. The molecular weight excluding hydrogens is 160 g/mol. The van der Waals surface area contributed by atoms with E-state index in [1.54, 1.807) is 6.08 Å². The van der Waals surface area contributed by atoms with Crippen LogP contribution < -0.4 is 16.6 Å². The van der Waals surface area contributed by atoms with Gasteiger partial charge in [0.05, 0.1) is 0 Å². The number of H-pyrrole nitrogens is 2. The smallest absolute Gasteiger partial charge is 0.342 e. The molecule has 1 heterocycles. The molecular formula is C6H8N4O2. The van der Waals surface area contributed by atoms with Crippen LogP contribution in [0.25, 0.3) is 0 Å². The number of hydrogen-bond donors (Lipinski definition) is 3. The van der Waals surface area contributed by atoms with Gasteiger partial charge in [-0.05, 0) is 0 Å². The summed E-state index contributed by atoms with van der Waals surface area (Å²) >= 11 is 0. The number of nitrogens with zero attached hydrogens (tertiary/aromatic N) is 1. The second-order valence-electron chi connectivity index (χ2n) is 2.03. The summed E-state index contributed by atoms with van der Waals surface area (Å²) in [6.07, 6.45) is 1.58. The van der Waals surface area contributed by atoms with E-state index in [1.165, 1.54) is 0 Å². The molecule has 12 heavy (non-hydrogen) atoms. The van der Waals surface area contributed by atoms with E-state index in [1.807, 2.05) is 4.98 Å². The minimum atomic E-state index is -0.621. The molecule has 0 saturated carbocycles. The van der Waals surface area contributed by atoms with Gasteiger partial charge in [0.2, 0.25) is 5.82 Å². The summed E-state index contributed by atoms with van der Waals surface area (Å²) in [5, 5.41) is 8.21. The molecule has 0 fully saturated rings. The van der Waals surface area contributed by atoms with Crippen LogP contribution in [-0.2, 0) is 0 Å². The van der Waals surface area contributed by atoms with Gasteiger partial charge < -0.3 is 5.32 Å². The molecule has 0 bridgehead atoms. The summed E-state index contributed by atoms with van der Waals surface area (Å²) < 4.78 is 0. The molecule has 0 aliphatic carbocycles. The maximum Gasteiger partial charge on any atom is 0.342 e. The first-order chi connectivity index (χ1) is 5.74. The molecule has 1 rings (SSSR count). The first-order valence-corrected chi connectivity index (χ1v) is 3.28. The van der Waals surface area contributed by atoms with Crippen molar-refractivity contribution in [2.75, 3.05) is 11.9 Å². The lowest BCUT2D eigenvalue weighted by molar-refractivity contribution is 0.890.